The number of rotatable bonds is 2. The molecule has 0 bridgehead atoms. The summed E-state index contributed by atoms with van der Waals surface area (Å²) in [5, 5.41) is 0. The van der Waals surface area contributed by atoms with Crippen molar-refractivity contribution in [3.05, 3.63) is 12.2 Å². The molecule has 0 fully saturated rings. The first-order valence-corrected chi connectivity index (χ1v) is 3.48. The molecule has 1 atom stereocenters. The fourth-order valence-corrected chi connectivity index (χ4v) is 0.357. The predicted molar refractivity (Wildman–Crippen MR) is 44.4 cm³/mol. The van der Waals surface area contributed by atoms with Crippen LogP contribution in [0.3, 0.4) is 0 Å². The second kappa shape index (κ2) is 4.01. The van der Waals surface area contributed by atoms with E-state index in [1.54, 1.807) is 21.0 Å². The summed E-state index contributed by atoms with van der Waals surface area (Å²) in [5.74, 6) is 0. The Morgan fingerprint density at radius 3 is 2.27 bits per heavy atom. The van der Waals surface area contributed by atoms with Crippen LogP contribution < -0.4 is 0 Å². The molecule has 0 saturated heterocycles. The highest BCUT2D eigenvalue weighted by atomic mass is 16.6. The quantitative estimate of drug-likeness (QED) is 0.570. The number of carbonyl (C=O) groups excluding carboxylic acids is 1. The normalized spacial score (nSPS) is 12.0. The molecule has 0 aliphatic carbocycles. The van der Waals surface area contributed by atoms with Crippen LogP contribution in [0.2, 0.25) is 0 Å². The Bertz CT molecular complexity index is 163. The summed E-state index contributed by atoms with van der Waals surface area (Å²) in [7, 11) is 3.29. The van der Waals surface area contributed by atoms with E-state index < -0.39 is 0 Å². The topological polar surface area (TPSA) is 29.5 Å². The van der Waals surface area contributed by atoms with Gasteiger partial charge >= 0.3 is 6.09 Å². The maximum absolute atomic E-state index is 10.9. The van der Waals surface area contributed by atoms with Crippen LogP contribution in [0.4, 0.5) is 4.79 Å². The summed E-state index contributed by atoms with van der Waals surface area (Å²) in [6.45, 7) is 7.29. The van der Waals surface area contributed by atoms with Gasteiger partial charge in [-0.1, -0.05) is 6.58 Å². The van der Waals surface area contributed by atoms with E-state index in [0.29, 0.717) is 0 Å². The van der Waals surface area contributed by atoms with Crippen LogP contribution in [0.5, 0.6) is 0 Å². The lowest BCUT2D eigenvalue weighted by Crippen LogP contribution is -2.26. The Labute approximate surface area is 67.6 Å². The molecule has 3 heteroatoms. The molecule has 1 amide bonds. The molecule has 0 aromatic carbocycles. The highest BCUT2D eigenvalue weighted by molar-refractivity contribution is 5.67. The molecule has 0 spiro atoms. The second-order valence-electron chi connectivity index (χ2n) is 2.77. The zero-order valence-corrected chi connectivity index (χ0v) is 7.55. The lowest BCUT2D eigenvalue weighted by molar-refractivity contribution is 0.0966. The molecule has 0 aliphatic rings. The third kappa shape index (κ3) is 3.65. The number of ether oxygens (including phenoxy) is 1. The van der Waals surface area contributed by atoms with E-state index in [2.05, 4.69) is 6.58 Å². The predicted octanol–water partition coefficient (Wildman–Crippen LogP) is 1.65. The minimum Gasteiger partial charge on any atom is -0.442 e. The van der Waals surface area contributed by atoms with Gasteiger partial charge in [0.05, 0.1) is 0 Å². The summed E-state index contributed by atoms with van der Waals surface area (Å²) in [5.41, 5.74) is 0.847. The Balaban J connectivity index is 3.85. The average Bonchev–Trinajstić information content (AvgIpc) is 1.87. The third-order valence-electron chi connectivity index (χ3n) is 1.34. The molecule has 0 N–H and O–H groups in total. The van der Waals surface area contributed by atoms with Gasteiger partial charge in [-0.05, 0) is 19.4 Å². The molecule has 0 saturated carbocycles. The van der Waals surface area contributed by atoms with Gasteiger partial charge in [-0.25, -0.2) is 4.79 Å². The molecular formula is C8H15NO2. The van der Waals surface area contributed by atoms with Crippen LogP contribution in [0.1, 0.15) is 13.8 Å². The lowest BCUT2D eigenvalue weighted by atomic mass is 10.2. The summed E-state index contributed by atoms with van der Waals surface area (Å²) in [6, 6.07) is 0. The van der Waals surface area contributed by atoms with Crippen molar-refractivity contribution in [3.8, 4) is 0 Å². The number of carbonyl (C=O) groups is 1. The van der Waals surface area contributed by atoms with Gasteiger partial charge in [0.25, 0.3) is 0 Å². The van der Waals surface area contributed by atoms with Crippen molar-refractivity contribution in [3.63, 3.8) is 0 Å². The van der Waals surface area contributed by atoms with E-state index in [-0.39, 0.29) is 12.2 Å². The van der Waals surface area contributed by atoms with Gasteiger partial charge < -0.3 is 9.64 Å². The summed E-state index contributed by atoms with van der Waals surface area (Å²) < 4.78 is 4.96. The van der Waals surface area contributed by atoms with Crippen molar-refractivity contribution in [2.45, 2.75) is 20.0 Å². The van der Waals surface area contributed by atoms with E-state index in [0.717, 1.165) is 5.57 Å². The molecule has 0 heterocycles. The Kier molecular flexibility index (Phi) is 3.65. The maximum atomic E-state index is 10.9. The van der Waals surface area contributed by atoms with Gasteiger partial charge in [-0.2, -0.15) is 0 Å². The van der Waals surface area contributed by atoms with E-state index in [1.165, 1.54) is 4.90 Å². The molecule has 1 unspecified atom stereocenters. The van der Waals surface area contributed by atoms with Crippen LogP contribution in [0, 0.1) is 0 Å². The fourth-order valence-electron chi connectivity index (χ4n) is 0.357. The van der Waals surface area contributed by atoms with Crippen molar-refractivity contribution >= 4 is 6.09 Å². The number of nitrogens with zero attached hydrogens (tertiary/aromatic N) is 1. The standard InChI is InChI=1S/C8H15NO2/c1-6(2)7(3)11-8(10)9(4)5/h7H,1H2,2-5H3. The van der Waals surface area contributed by atoms with Gasteiger partial charge in [0.15, 0.2) is 0 Å². The van der Waals surface area contributed by atoms with Crippen molar-refractivity contribution in [1.82, 2.24) is 4.90 Å². The maximum Gasteiger partial charge on any atom is 0.409 e. The first kappa shape index (κ1) is 10.0. The van der Waals surface area contributed by atoms with Crippen LogP contribution in [-0.2, 0) is 4.74 Å². The summed E-state index contributed by atoms with van der Waals surface area (Å²) >= 11 is 0. The molecule has 64 valence electrons. The number of amides is 1. The first-order chi connectivity index (χ1) is 4.95. The largest absolute Gasteiger partial charge is 0.442 e. The molecule has 0 radical (unpaired) electrons. The monoisotopic (exact) mass is 157 g/mol. The minimum atomic E-state index is -0.333. The highest BCUT2D eigenvalue weighted by Gasteiger charge is 2.10. The number of hydrogen-bond acceptors (Lipinski definition) is 2. The molecule has 3 nitrogen and oxygen atoms in total. The summed E-state index contributed by atoms with van der Waals surface area (Å²) in [6.07, 6.45) is -0.537. The van der Waals surface area contributed by atoms with Gasteiger partial charge in [0.1, 0.15) is 6.10 Å². The second-order valence-corrected chi connectivity index (χ2v) is 2.77. The average molecular weight is 157 g/mol. The van der Waals surface area contributed by atoms with Crippen molar-refractivity contribution in [1.29, 1.82) is 0 Å². The third-order valence-corrected chi connectivity index (χ3v) is 1.34. The first-order valence-electron chi connectivity index (χ1n) is 3.48. The van der Waals surface area contributed by atoms with Crippen molar-refractivity contribution in [2.75, 3.05) is 14.1 Å². The van der Waals surface area contributed by atoms with Gasteiger partial charge in [-0.3, -0.25) is 0 Å². The fraction of sp³-hybridized carbons (Fsp3) is 0.625. The van der Waals surface area contributed by atoms with E-state index in [9.17, 15) is 4.79 Å². The van der Waals surface area contributed by atoms with Crippen LogP contribution >= 0.6 is 0 Å². The van der Waals surface area contributed by atoms with Gasteiger partial charge in [0.2, 0.25) is 0 Å². The molecule has 11 heavy (non-hydrogen) atoms. The Morgan fingerprint density at radius 2 is 2.00 bits per heavy atom. The van der Waals surface area contributed by atoms with Crippen molar-refractivity contribution in [2.24, 2.45) is 0 Å². The molecule has 0 rings (SSSR count). The van der Waals surface area contributed by atoms with Crippen LogP contribution in [-0.4, -0.2) is 31.2 Å². The zero-order chi connectivity index (χ0) is 9.02. The Morgan fingerprint density at radius 1 is 1.55 bits per heavy atom. The summed E-state index contributed by atoms with van der Waals surface area (Å²) in [4.78, 5) is 12.3. The molecule has 0 aromatic heterocycles. The zero-order valence-electron chi connectivity index (χ0n) is 7.55. The molecule has 0 aliphatic heterocycles. The van der Waals surface area contributed by atoms with Gasteiger partial charge in [-0.15, -0.1) is 0 Å². The Hall–Kier alpha value is -0.990. The van der Waals surface area contributed by atoms with E-state index in [1.807, 2.05) is 6.92 Å². The lowest BCUT2D eigenvalue weighted by Gasteiger charge is -2.16. The number of hydrogen-bond donors (Lipinski definition) is 0. The highest BCUT2D eigenvalue weighted by Crippen LogP contribution is 2.03. The van der Waals surface area contributed by atoms with Crippen molar-refractivity contribution < 1.29 is 9.53 Å². The minimum absolute atomic E-state index is 0.204. The smallest absolute Gasteiger partial charge is 0.409 e. The van der Waals surface area contributed by atoms with Gasteiger partial charge in [0, 0.05) is 14.1 Å². The molecule has 0 aromatic rings. The molecular weight excluding hydrogens is 142 g/mol. The van der Waals surface area contributed by atoms with E-state index >= 15 is 0 Å². The van der Waals surface area contributed by atoms with Crippen LogP contribution in [0.25, 0.3) is 0 Å². The SMILES string of the molecule is C=C(C)C(C)OC(=O)N(C)C. The van der Waals surface area contributed by atoms with Crippen LogP contribution in [0.15, 0.2) is 12.2 Å². The van der Waals surface area contributed by atoms with E-state index in [4.69, 9.17) is 4.74 Å².